The van der Waals surface area contributed by atoms with E-state index in [1.807, 2.05) is 0 Å². The first kappa shape index (κ1) is 13.3. The predicted molar refractivity (Wildman–Crippen MR) is 67.9 cm³/mol. The van der Waals surface area contributed by atoms with Gasteiger partial charge in [-0.05, 0) is 37.5 Å². The predicted octanol–water partition coefficient (Wildman–Crippen LogP) is 1.27. The van der Waals surface area contributed by atoms with Gasteiger partial charge in [-0.1, -0.05) is 11.6 Å². The third-order valence-electron chi connectivity index (χ3n) is 2.90. The first-order chi connectivity index (χ1) is 8.36. The monoisotopic (exact) mass is 288 g/mol. The number of hydrogen-bond donors (Lipinski definition) is 2. The maximum Gasteiger partial charge on any atom is 0.251 e. The topological polar surface area (TPSA) is 89.3 Å². The van der Waals surface area contributed by atoms with E-state index in [0.29, 0.717) is 0 Å². The molecular weight excluding hydrogens is 276 g/mol. The number of sulfonamides is 1. The SMILES string of the molecule is NS(=O)(=O)c1cc(Cl)cc(C(=O)NC2CCC2)c1. The van der Waals surface area contributed by atoms with Gasteiger partial charge in [0.15, 0.2) is 0 Å². The summed E-state index contributed by atoms with van der Waals surface area (Å²) in [6.45, 7) is 0. The Kier molecular flexibility index (Phi) is 3.61. The van der Waals surface area contributed by atoms with Gasteiger partial charge in [-0.25, -0.2) is 13.6 Å². The normalized spacial score (nSPS) is 16.1. The molecule has 0 saturated heterocycles. The molecule has 2 rings (SSSR count). The lowest BCUT2D eigenvalue weighted by Crippen LogP contribution is -2.39. The van der Waals surface area contributed by atoms with Crippen LogP contribution in [0.25, 0.3) is 0 Å². The lowest BCUT2D eigenvalue weighted by molar-refractivity contribution is 0.0916. The highest BCUT2D eigenvalue weighted by Gasteiger charge is 2.21. The van der Waals surface area contributed by atoms with E-state index in [1.54, 1.807) is 0 Å². The van der Waals surface area contributed by atoms with Crippen molar-refractivity contribution in [2.75, 3.05) is 0 Å². The van der Waals surface area contributed by atoms with E-state index in [4.69, 9.17) is 16.7 Å². The molecule has 7 heteroatoms. The van der Waals surface area contributed by atoms with Crippen molar-refractivity contribution in [1.82, 2.24) is 5.32 Å². The maximum absolute atomic E-state index is 11.9. The lowest BCUT2D eigenvalue weighted by atomic mass is 9.93. The summed E-state index contributed by atoms with van der Waals surface area (Å²) in [6.07, 6.45) is 3.01. The average molecular weight is 289 g/mol. The molecule has 1 saturated carbocycles. The third kappa shape index (κ3) is 3.01. The molecule has 98 valence electrons. The zero-order chi connectivity index (χ0) is 13.3. The highest BCUT2D eigenvalue weighted by Crippen LogP contribution is 2.21. The molecule has 18 heavy (non-hydrogen) atoms. The zero-order valence-electron chi connectivity index (χ0n) is 9.52. The second kappa shape index (κ2) is 4.87. The van der Waals surface area contributed by atoms with Gasteiger partial charge < -0.3 is 5.32 Å². The first-order valence-corrected chi connectivity index (χ1v) is 7.43. The summed E-state index contributed by atoms with van der Waals surface area (Å²) in [5, 5.41) is 7.99. The van der Waals surface area contributed by atoms with Gasteiger partial charge in [0.25, 0.3) is 5.91 Å². The minimum absolute atomic E-state index is 0.159. The van der Waals surface area contributed by atoms with Crippen LogP contribution in [0.1, 0.15) is 29.6 Å². The molecule has 0 heterocycles. The van der Waals surface area contributed by atoms with E-state index >= 15 is 0 Å². The molecule has 0 radical (unpaired) electrons. The largest absolute Gasteiger partial charge is 0.349 e. The van der Waals surface area contributed by atoms with E-state index < -0.39 is 10.0 Å². The standard InChI is InChI=1S/C11H13ClN2O3S/c12-8-4-7(5-10(6-8)18(13,16)17)11(15)14-9-2-1-3-9/h4-6,9H,1-3H2,(H,14,15)(H2,13,16,17). The average Bonchev–Trinajstić information content (AvgIpc) is 2.21. The van der Waals surface area contributed by atoms with Crippen molar-refractivity contribution >= 4 is 27.5 Å². The van der Waals surface area contributed by atoms with Crippen LogP contribution in [0, 0.1) is 0 Å². The minimum atomic E-state index is -3.87. The molecule has 0 unspecified atom stereocenters. The Morgan fingerprint density at radius 3 is 2.50 bits per heavy atom. The Bertz CT molecular complexity index is 582. The highest BCUT2D eigenvalue weighted by atomic mass is 35.5. The van der Waals surface area contributed by atoms with Crippen LogP contribution in [0.2, 0.25) is 5.02 Å². The maximum atomic E-state index is 11.9. The number of rotatable bonds is 3. The van der Waals surface area contributed by atoms with E-state index in [1.165, 1.54) is 18.2 Å². The Balaban J connectivity index is 2.27. The van der Waals surface area contributed by atoms with Gasteiger partial charge in [0.2, 0.25) is 10.0 Å². The van der Waals surface area contributed by atoms with Crippen LogP contribution in [0.5, 0.6) is 0 Å². The van der Waals surface area contributed by atoms with Gasteiger partial charge in [0.1, 0.15) is 0 Å². The van der Waals surface area contributed by atoms with Gasteiger partial charge in [-0.2, -0.15) is 0 Å². The summed E-state index contributed by atoms with van der Waals surface area (Å²) in [7, 11) is -3.87. The van der Waals surface area contributed by atoms with E-state index in [9.17, 15) is 13.2 Å². The summed E-state index contributed by atoms with van der Waals surface area (Å²) in [5.41, 5.74) is 0.207. The van der Waals surface area contributed by atoms with Gasteiger partial charge >= 0.3 is 0 Å². The Morgan fingerprint density at radius 2 is 2.00 bits per heavy atom. The molecule has 1 aromatic carbocycles. The lowest BCUT2D eigenvalue weighted by Gasteiger charge is -2.26. The Labute approximate surface area is 110 Å². The van der Waals surface area contributed by atoms with Crippen LogP contribution in [0.3, 0.4) is 0 Å². The fourth-order valence-corrected chi connectivity index (χ4v) is 2.56. The van der Waals surface area contributed by atoms with Crippen LogP contribution in [-0.4, -0.2) is 20.4 Å². The van der Waals surface area contributed by atoms with Crippen molar-refractivity contribution < 1.29 is 13.2 Å². The fourth-order valence-electron chi connectivity index (χ4n) is 1.68. The fraction of sp³-hybridized carbons (Fsp3) is 0.364. The molecule has 1 aliphatic carbocycles. The number of nitrogens with two attached hydrogens (primary N) is 1. The molecular formula is C11H13ClN2O3S. The zero-order valence-corrected chi connectivity index (χ0v) is 11.1. The third-order valence-corrected chi connectivity index (χ3v) is 4.01. The van der Waals surface area contributed by atoms with E-state index in [-0.39, 0.29) is 27.4 Å². The molecule has 0 bridgehead atoms. The van der Waals surface area contributed by atoms with Crippen molar-refractivity contribution in [1.29, 1.82) is 0 Å². The van der Waals surface area contributed by atoms with Crippen LogP contribution in [0.4, 0.5) is 0 Å². The molecule has 1 fully saturated rings. The summed E-state index contributed by atoms with van der Waals surface area (Å²) in [5.74, 6) is -0.327. The molecule has 1 amide bonds. The van der Waals surface area contributed by atoms with E-state index in [2.05, 4.69) is 5.32 Å². The van der Waals surface area contributed by atoms with Gasteiger partial charge in [0, 0.05) is 16.6 Å². The smallest absolute Gasteiger partial charge is 0.251 e. The second-order valence-electron chi connectivity index (χ2n) is 4.32. The molecule has 5 nitrogen and oxygen atoms in total. The molecule has 3 N–H and O–H groups in total. The van der Waals surface area contributed by atoms with E-state index in [0.717, 1.165) is 19.3 Å². The summed E-state index contributed by atoms with van der Waals surface area (Å²) in [6, 6.07) is 4.05. The number of nitrogens with one attached hydrogen (secondary N) is 1. The molecule has 0 spiro atoms. The quantitative estimate of drug-likeness (QED) is 0.878. The highest BCUT2D eigenvalue weighted by molar-refractivity contribution is 7.89. The number of hydrogen-bond acceptors (Lipinski definition) is 3. The van der Waals surface area contributed by atoms with Gasteiger partial charge in [-0.3, -0.25) is 4.79 Å². The number of halogens is 1. The summed E-state index contributed by atoms with van der Waals surface area (Å²) >= 11 is 5.78. The number of carbonyl (C=O) groups excluding carboxylic acids is 1. The van der Waals surface area contributed by atoms with Gasteiger partial charge in [-0.15, -0.1) is 0 Å². The van der Waals surface area contributed by atoms with Crippen molar-refractivity contribution in [2.24, 2.45) is 5.14 Å². The Morgan fingerprint density at radius 1 is 1.33 bits per heavy atom. The van der Waals surface area contributed by atoms with Crippen LogP contribution in [0.15, 0.2) is 23.1 Å². The Hall–Kier alpha value is -1.11. The van der Waals surface area contributed by atoms with Crippen LogP contribution in [-0.2, 0) is 10.0 Å². The summed E-state index contributed by atoms with van der Waals surface area (Å²) in [4.78, 5) is 11.7. The summed E-state index contributed by atoms with van der Waals surface area (Å²) < 4.78 is 22.5. The van der Waals surface area contributed by atoms with Crippen LogP contribution < -0.4 is 10.5 Å². The molecule has 1 aliphatic rings. The number of primary sulfonamides is 1. The molecule has 1 aromatic rings. The first-order valence-electron chi connectivity index (χ1n) is 5.50. The number of carbonyl (C=O) groups is 1. The molecule has 0 atom stereocenters. The van der Waals surface area contributed by atoms with Crippen molar-refractivity contribution in [2.45, 2.75) is 30.2 Å². The number of benzene rings is 1. The van der Waals surface area contributed by atoms with Gasteiger partial charge in [0.05, 0.1) is 4.90 Å². The van der Waals surface area contributed by atoms with Crippen molar-refractivity contribution in [3.8, 4) is 0 Å². The van der Waals surface area contributed by atoms with Crippen LogP contribution >= 0.6 is 11.6 Å². The molecule has 0 aliphatic heterocycles. The molecule has 0 aromatic heterocycles. The second-order valence-corrected chi connectivity index (χ2v) is 6.32. The van der Waals surface area contributed by atoms with Crippen molar-refractivity contribution in [3.63, 3.8) is 0 Å². The minimum Gasteiger partial charge on any atom is -0.349 e. The van der Waals surface area contributed by atoms with Crippen molar-refractivity contribution in [3.05, 3.63) is 28.8 Å². The number of amides is 1.